The number of carbonyl (C=O) groups excluding carboxylic acids is 2. The molecule has 72 heavy (non-hydrogen) atoms. The molecule has 4 aliphatic heterocycles. The van der Waals surface area contributed by atoms with Crippen molar-refractivity contribution < 1.29 is 148 Å². The third kappa shape index (κ3) is 17.6. The fourth-order valence-corrected chi connectivity index (χ4v) is 7.96. The SMILES string of the molecule is COC(C=O)C(CO)OC(C=O)OC1C(CO)OC(C)C(O)C1O.COC(CO)C(CO)OC(CO)OC1C(CO)OC(C)C(O)C1O.COC1C(CO)OC(OC2C(CO)OC(C)C(O)C2O)C(O)C1O. The molecule has 426 valence electrons. The molecular weight excluding hydrogens is 984 g/mol. The number of ether oxygens (including phenoxy) is 12. The molecule has 4 rings (SSSR count). The average Bonchev–Trinajstić information content (AvgIpc) is 3.39. The molecular formula is C42H78O30. The van der Waals surface area contributed by atoms with E-state index in [1.54, 1.807) is 6.92 Å². The predicted molar refractivity (Wildman–Crippen MR) is 233 cm³/mol. The minimum atomic E-state index is -1.59. The van der Waals surface area contributed by atoms with Crippen molar-refractivity contribution in [2.24, 2.45) is 0 Å². The van der Waals surface area contributed by atoms with Gasteiger partial charge in [0.25, 0.3) is 0 Å². The first-order chi connectivity index (χ1) is 34.2. The van der Waals surface area contributed by atoms with Crippen molar-refractivity contribution in [2.75, 3.05) is 74.2 Å². The number of carbonyl (C=O) groups is 2. The van der Waals surface area contributed by atoms with Crippen LogP contribution in [0.2, 0.25) is 0 Å². The molecule has 0 aromatic heterocycles. The van der Waals surface area contributed by atoms with Gasteiger partial charge in [0.2, 0.25) is 6.29 Å². The zero-order valence-electron chi connectivity index (χ0n) is 40.7. The molecule has 4 heterocycles. The smallest absolute Gasteiger partial charge is 0.215 e. The summed E-state index contributed by atoms with van der Waals surface area (Å²) in [4.78, 5) is 22.0. The lowest BCUT2D eigenvalue weighted by molar-refractivity contribution is -0.343. The minimum Gasteiger partial charge on any atom is -0.394 e. The fourth-order valence-electron chi connectivity index (χ4n) is 7.96. The number of aldehydes is 2. The van der Waals surface area contributed by atoms with Gasteiger partial charge < -0.3 is 143 Å². The molecule has 26 unspecified atom stereocenters. The van der Waals surface area contributed by atoms with Crippen LogP contribution in [0.1, 0.15) is 20.8 Å². The Kier molecular flexibility index (Phi) is 30.8. The standard InChI is InChI=1S/C14H26O10.C14H28O10.C14H24O10/c1-5-8(17)9(18)13(7(4-16)22-5)24-14-11(20)10(19)12(21-2)6(3-15)23-14;2*1-7-12(19)13(20)14(10(5-17)22-7)24-11(6-18)23-9(4-16)8(3-15)21-2/h5-20H,3-4H2,1-2H3;7-20H,3-6H2,1-2H3;3,6-14,16-17,19-20H,4-5H2,1-2H3. The normalized spacial score (nSPS) is 39.7. The van der Waals surface area contributed by atoms with E-state index in [-0.39, 0.29) is 6.29 Å². The Hall–Kier alpha value is -1.78. The van der Waals surface area contributed by atoms with E-state index in [0.29, 0.717) is 6.29 Å². The van der Waals surface area contributed by atoms with Gasteiger partial charge in [-0.2, -0.15) is 0 Å². The van der Waals surface area contributed by atoms with Gasteiger partial charge in [-0.1, -0.05) is 0 Å². The van der Waals surface area contributed by atoms with Crippen LogP contribution < -0.4 is 0 Å². The van der Waals surface area contributed by atoms with Gasteiger partial charge in [-0.25, -0.2) is 0 Å². The highest BCUT2D eigenvalue weighted by molar-refractivity contribution is 5.58. The quantitative estimate of drug-likeness (QED) is 0.0298. The van der Waals surface area contributed by atoms with Gasteiger partial charge in [0.05, 0.1) is 71.2 Å². The van der Waals surface area contributed by atoms with Crippen LogP contribution >= 0.6 is 0 Å². The monoisotopic (exact) mass is 1060 g/mol. The molecule has 0 aliphatic carbocycles. The van der Waals surface area contributed by atoms with Gasteiger partial charge >= 0.3 is 0 Å². The summed E-state index contributed by atoms with van der Waals surface area (Å²) >= 11 is 0. The molecule has 30 heteroatoms. The van der Waals surface area contributed by atoms with E-state index >= 15 is 0 Å². The second-order valence-corrected chi connectivity index (χ2v) is 17.0. The molecule has 0 aromatic rings. The molecule has 4 aliphatic rings. The highest BCUT2D eigenvalue weighted by atomic mass is 16.7. The first-order valence-electron chi connectivity index (χ1n) is 22.9. The summed E-state index contributed by atoms with van der Waals surface area (Å²) < 4.78 is 62.9. The molecule has 0 aromatic carbocycles. The van der Waals surface area contributed by atoms with Crippen molar-refractivity contribution >= 4 is 12.6 Å². The first kappa shape index (κ1) is 66.3. The van der Waals surface area contributed by atoms with Crippen LogP contribution in [0.3, 0.4) is 0 Å². The maximum absolute atomic E-state index is 11.2. The minimum absolute atomic E-state index is 0.242. The van der Waals surface area contributed by atoms with Gasteiger partial charge in [0, 0.05) is 21.3 Å². The number of hydrogen-bond acceptors (Lipinski definition) is 30. The lowest BCUT2D eigenvalue weighted by Crippen LogP contribution is -2.64. The summed E-state index contributed by atoms with van der Waals surface area (Å²) in [6.45, 7) is 0.408. The molecule has 0 radical (unpaired) electrons. The van der Waals surface area contributed by atoms with E-state index in [2.05, 4.69) is 0 Å². The molecule has 0 amide bonds. The lowest BCUT2D eigenvalue weighted by Gasteiger charge is -2.46. The highest BCUT2D eigenvalue weighted by Gasteiger charge is 2.51. The van der Waals surface area contributed by atoms with Crippen molar-refractivity contribution in [1.29, 1.82) is 0 Å². The summed E-state index contributed by atoms with van der Waals surface area (Å²) in [5.41, 5.74) is 0. The van der Waals surface area contributed by atoms with Crippen molar-refractivity contribution in [1.82, 2.24) is 0 Å². The topological polar surface area (TPSA) is 469 Å². The van der Waals surface area contributed by atoms with Crippen LogP contribution in [0, 0.1) is 0 Å². The van der Waals surface area contributed by atoms with Crippen LogP contribution in [0.4, 0.5) is 0 Å². The maximum atomic E-state index is 11.2. The third-order valence-corrected chi connectivity index (χ3v) is 12.2. The summed E-state index contributed by atoms with van der Waals surface area (Å²) in [5.74, 6) is 0. The van der Waals surface area contributed by atoms with Crippen LogP contribution in [-0.4, -0.2) is 328 Å². The van der Waals surface area contributed by atoms with Gasteiger partial charge in [-0.15, -0.1) is 0 Å². The van der Waals surface area contributed by atoms with Crippen molar-refractivity contribution in [3.63, 3.8) is 0 Å². The van der Waals surface area contributed by atoms with Gasteiger partial charge in [0.1, 0.15) is 122 Å². The van der Waals surface area contributed by atoms with E-state index in [1.165, 1.54) is 35.2 Å². The Balaban J connectivity index is 0.000000370. The van der Waals surface area contributed by atoms with E-state index in [0.717, 1.165) is 0 Å². The fraction of sp³-hybridized carbons (Fsp3) is 0.952. The predicted octanol–water partition coefficient (Wildman–Crippen LogP) is -10.1. The second kappa shape index (κ2) is 33.4. The zero-order chi connectivity index (χ0) is 54.6. The molecule has 0 bridgehead atoms. The van der Waals surface area contributed by atoms with E-state index in [9.17, 15) is 91.3 Å². The Morgan fingerprint density at radius 2 is 0.861 bits per heavy atom. The third-order valence-electron chi connectivity index (χ3n) is 12.2. The molecule has 16 N–H and O–H groups in total. The first-order valence-corrected chi connectivity index (χ1v) is 22.9. The van der Waals surface area contributed by atoms with Crippen LogP contribution in [-0.2, 0) is 66.4 Å². The van der Waals surface area contributed by atoms with Crippen molar-refractivity contribution in [3.8, 4) is 0 Å². The lowest BCUT2D eigenvalue weighted by atomic mass is 9.95. The summed E-state index contributed by atoms with van der Waals surface area (Å²) in [6, 6.07) is 0. The molecule has 4 saturated heterocycles. The Morgan fingerprint density at radius 3 is 1.24 bits per heavy atom. The van der Waals surface area contributed by atoms with Gasteiger partial charge in [0.15, 0.2) is 25.2 Å². The Labute approximate surface area is 414 Å². The summed E-state index contributed by atoms with van der Waals surface area (Å²) in [7, 11) is 3.84. The average molecular weight is 1060 g/mol. The van der Waals surface area contributed by atoms with E-state index < -0.39 is 212 Å². The summed E-state index contributed by atoms with van der Waals surface area (Å²) in [5, 5.41) is 155. The van der Waals surface area contributed by atoms with Crippen molar-refractivity contribution in [3.05, 3.63) is 0 Å². The zero-order valence-corrected chi connectivity index (χ0v) is 40.7. The maximum Gasteiger partial charge on any atom is 0.215 e. The van der Waals surface area contributed by atoms with E-state index in [1.807, 2.05) is 0 Å². The van der Waals surface area contributed by atoms with Gasteiger partial charge in [-0.3, -0.25) is 4.79 Å². The number of hydrogen-bond donors (Lipinski definition) is 16. The largest absolute Gasteiger partial charge is 0.394 e. The summed E-state index contributed by atoms with van der Waals surface area (Å²) in [6.07, 6.45) is -29.3. The number of rotatable bonds is 25. The Morgan fingerprint density at radius 1 is 0.444 bits per heavy atom. The molecule has 26 atom stereocenters. The molecule has 0 saturated carbocycles. The number of aliphatic hydroxyl groups is 16. The Bertz CT molecular complexity index is 1440. The molecule has 30 nitrogen and oxygen atoms in total. The van der Waals surface area contributed by atoms with Gasteiger partial charge in [-0.05, 0) is 20.8 Å². The molecule has 0 spiro atoms. The van der Waals surface area contributed by atoms with Crippen LogP contribution in [0.25, 0.3) is 0 Å². The van der Waals surface area contributed by atoms with E-state index in [4.69, 9.17) is 56.8 Å². The highest BCUT2D eigenvalue weighted by Crippen LogP contribution is 2.31. The number of aliphatic hydroxyl groups excluding tert-OH is 16. The van der Waals surface area contributed by atoms with Crippen molar-refractivity contribution in [2.45, 2.75) is 180 Å². The molecule has 4 fully saturated rings. The van der Waals surface area contributed by atoms with Crippen LogP contribution in [0.15, 0.2) is 0 Å². The second-order valence-electron chi connectivity index (χ2n) is 17.0. The number of methoxy groups -OCH3 is 3. The van der Waals surface area contributed by atoms with Crippen LogP contribution in [0.5, 0.6) is 0 Å².